The van der Waals surface area contributed by atoms with Crippen molar-refractivity contribution in [3.63, 3.8) is 0 Å². The van der Waals surface area contributed by atoms with E-state index >= 15 is 0 Å². The maximum Gasteiger partial charge on any atom is 0.408 e. The van der Waals surface area contributed by atoms with Crippen LogP contribution < -0.4 is 10.6 Å². The predicted molar refractivity (Wildman–Crippen MR) is 174 cm³/mol. The Hall–Kier alpha value is -4.56. The van der Waals surface area contributed by atoms with Gasteiger partial charge in [0.2, 0.25) is 5.91 Å². The topological polar surface area (TPSA) is 93.7 Å². The van der Waals surface area contributed by atoms with Crippen LogP contribution in [-0.2, 0) is 30.4 Å². The van der Waals surface area contributed by atoms with E-state index in [0.717, 1.165) is 22.3 Å². The van der Waals surface area contributed by atoms with Crippen molar-refractivity contribution < 1.29 is 23.9 Å². The molecular weight excluding hydrogens is 572 g/mol. The van der Waals surface area contributed by atoms with Gasteiger partial charge in [0.1, 0.15) is 24.8 Å². The number of carbonyl (C=O) groups excluding carboxylic acids is 3. The van der Waals surface area contributed by atoms with Crippen molar-refractivity contribution >= 4 is 29.7 Å². The molecule has 0 aliphatic heterocycles. The van der Waals surface area contributed by atoms with E-state index in [9.17, 15) is 14.4 Å². The number of amides is 2. The molecule has 0 aromatic heterocycles. The Labute approximate surface area is 263 Å². The molecule has 0 spiro atoms. The van der Waals surface area contributed by atoms with Gasteiger partial charge in [-0.3, -0.25) is 9.59 Å². The van der Waals surface area contributed by atoms with Gasteiger partial charge >= 0.3 is 12.1 Å². The fourth-order valence-electron chi connectivity index (χ4n) is 4.73. The number of thioether (sulfide) groups is 1. The largest absolute Gasteiger partial charge is 0.459 e. The van der Waals surface area contributed by atoms with Crippen LogP contribution in [0.5, 0.6) is 0 Å². The first-order valence-electron chi connectivity index (χ1n) is 14.4. The minimum atomic E-state index is -1.03. The Balaban J connectivity index is 1.63. The summed E-state index contributed by atoms with van der Waals surface area (Å²) in [5, 5.41) is 5.38. The summed E-state index contributed by atoms with van der Waals surface area (Å²) < 4.78 is 10.1. The number of hydrogen-bond donors (Lipinski definition) is 2. The second-order valence-electron chi connectivity index (χ2n) is 11.2. The van der Waals surface area contributed by atoms with Gasteiger partial charge in [-0.25, -0.2) is 4.79 Å². The Morgan fingerprint density at radius 2 is 1.16 bits per heavy atom. The van der Waals surface area contributed by atoms with E-state index in [1.807, 2.05) is 84.9 Å². The summed E-state index contributed by atoms with van der Waals surface area (Å²) >= 11 is 1.52. The zero-order valence-electron chi connectivity index (χ0n) is 25.2. The molecule has 0 aliphatic rings. The molecule has 0 saturated heterocycles. The Morgan fingerprint density at radius 1 is 0.705 bits per heavy atom. The van der Waals surface area contributed by atoms with Gasteiger partial charge in [-0.1, -0.05) is 121 Å². The summed E-state index contributed by atoms with van der Waals surface area (Å²) in [6.07, 6.45) is -0.739. The molecule has 0 heterocycles. The van der Waals surface area contributed by atoms with E-state index in [1.165, 1.54) is 11.8 Å². The SMILES string of the molecule is CC(C)(C)OC(=O)CNC(=O)C(CSC(c1ccccc1)(c1ccccc1)c1ccccc1)NC(=O)OCc1ccccc1. The molecule has 7 nitrogen and oxygen atoms in total. The van der Waals surface area contributed by atoms with Crippen molar-refractivity contribution in [1.82, 2.24) is 10.6 Å². The van der Waals surface area contributed by atoms with Crippen LogP contribution in [0.1, 0.15) is 43.0 Å². The van der Waals surface area contributed by atoms with Crippen LogP contribution in [0.15, 0.2) is 121 Å². The van der Waals surface area contributed by atoms with E-state index in [1.54, 1.807) is 20.8 Å². The Morgan fingerprint density at radius 3 is 1.61 bits per heavy atom. The molecule has 0 saturated carbocycles. The van der Waals surface area contributed by atoms with Crippen LogP contribution in [0.2, 0.25) is 0 Å². The van der Waals surface area contributed by atoms with Crippen LogP contribution in [-0.4, -0.2) is 41.9 Å². The molecule has 0 fully saturated rings. The van der Waals surface area contributed by atoms with Crippen molar-refractivity contribution in [2.45, 2.75) is 43.8 Å². The van der Waals surface area contributed by atoms with Crippen LogP contribution >= 0.6 is 11.8 Å². The highest BCUT2D eigenvalue weighted by molar-refractivity contribution is 8.00. The van der Waals surface area contributed by atoms with Gasteiger partial charge in [0, 0.05) is 5.75 Å². The average molecular weight is 611 g/mol. The first-order chi connectivity index (χ1) is 21.2. The van der Waals surface area contributed by atoms with Gasteiger partial charge in [0.15, 0.2) is 0 Å². The van der Waals surface area contributed by atoms with Crippen LogP contribution in [0, 0.1) is 0 Å². The first-order valence-corrected chi connectivity index (χ1v) is 15.4. The molecule has 1 unspecified atom stereocenters. The second-order valence-corrected chi connectivity index (χ2v) is 12.4. The van der Waals surface area contributed by atoms with Crippen LogP contribution in [0.3, 0.4) is 0 Å². The molecule has 4 aromatic rings. The molecule has 0 bridgehead atoms. The van der Waals surface area contributed by atoms with Crippen LogP contribution in [0.25, 0.3) is 0 Å². The van der Waals surface area contributed by atoms with Crippen molar-refractivity contribution in [1.29, 1.82) is 0 Å². The van der Waals surface area contributed by atoms with Crippen LogP contribution in [0.4, 0.5) is 4.79 Å². The van der Waals surface area contributed by atoms with Crippen molar-refractivity contribution in [3.8, 4) is 0 Å². The van der Waals surface area contributed by atoms with Gasteiger partial charge in [-0.2, -0.15) is 0 Å². The third-order valence-corrected chi connectivity index (χ3v) is 8.30. The smallest absolute Gasteiger partial charge is 0.408 e. The molecule has 2 amide bonds. The lowest BCUT2D eigenvalue weighted by Gasteiger charge is -2.36. The second kappa shape index (κ2) is 15.3. The van der Waals surface area contributed by atoms with E-state index in [0.29, 0.717) is 0 Å². The molecule has 4 rings (SSSR count). The zero-order chi connectivity index (χ0) is 31.4. The molecule has 0 aliphatic carbocycles. The molecule has 8 heteroatoms. The summed E-state index contributed by atoms with van der Waals surface area (Å²) in [6, 6.07) is 38.5. The minimum Gasteiger partial charge on any atom is -0.459 e. The molecule has 44 heavy (non-hydrogen) atoms. The maximum atomic E-state index is 13.5. The highest BCUT2D eigenvalue weighted by Crippen LogP contribution is 2.48. The number of carbonyl (C=O) groups is 3. The number of esters is 1. The summed E-state index contributed by atoms with van der Waals surface area (Å²) in [5.41, 5.74) is 3.17. The van der Waals surface area contributed by atoms with E-state index in [4.69, 9.17) is 9.47 Å². The number of rotatable bonds is 12. The molecule has 0 radical (unpaired) electrons. The lowest BCUT2D eigenvalue weighted by molar-refractivity contribution is -0.154. The number of ether oxygens (including phenoxy) is 2. The fourth-order valence-corrected chi connectivity index (χ4v) is 6.29. The summed E-state index contributed by atoms with van der Waals surface area (Å²) in [4.78, 5) is 38.9. The molecular formula is C36H38N2O5S. The summed E-state index contributed by atoms with van der Waals surface area (Å²) in [6.45, 7) is 4.99. The summed E-state index contributed by atoms with van der Waals surface area (Å²) in [7, 11) is 0. The Bertz CT molecular complexity index is 1400. The van der Waals surface area contributed by atoms with Crippen molar-refractivity contribution in [2.24, 2.45) is 0 Å². The van der Waals surface area contributed by atoms with Crippen molar-refractivity contribution in [3.05, 3.63) is 144 Å². The third kappa shape index (κ3) is 8.97. The Kier molecular flexibility index (Phi) is 11.2. The number of hydrogen-bond acceptors (Lipinski definition) is 6. The molecule has 4 aromatic carbocycles. The minimum absolute atomic E-state index is 0.0497. The normalized spacial score (nSPS) is 12.1. The van der Waals surface area contributed by atoms with E-state index < -0.39 is 34.4 Å². The molecule has 228 valence electrons. The maximum absolute atomic E-state index is 13.5. The standard InChI is InChI=1S/C36H38N2O5S/c1-35(2,3)43-32(39)24-37-33(40)31(38-34(41)42-25-27-16-8-4-9-17-27)26-44-36(28-18-10-5-11-19-28,29-20-12-6-13-21-29)30-22-14-7-15-23-30/h4-23,31H,24-26H2,1-3H3,(H,37,40)(H,38,41). The van der Waals surface area contributed by atoms with E-state index in [2.05, 4.69) is 47.0 Å². The monoisotopic (exact) mass is 610 g/mol. The van der Waals surface area contributed by atoms with Gasteiger partial charge in [-0.05, 0) is 43.0 Å². The number of benzene rings is 4. The van der Waals surface area contributed by atoms with Gasteiger partial charge in [-0.15, -0.1) is 11.8 Å². The first kappa shape index (κ1) is 32.4. The number of alkyl carbamates (subject to hydrolysis) is 1. The van der Waals surface area contributed by atoms with Gasteiger partial charge in [0.25, 0.3) is 0 Å². The summed E-state index contributed by atoms with van der Waals surface area (Å²) in [5.74, 6) is -0.932. The molecule has 2 N–H and O–H groups in total. The number of nitrogens with one attached hydrogen (secondary N) is 2. The molecule has 1 atom stereocenters. The quantitative estimate of drug-likeness (QED) is 0.141. The highest BCUT2D eigenvalue weighted by Gasteiger charge is 2.38. The average Bonchev–Trinajstić information content (AvgIpc) is 3.03. The van der Waals surface area contributed by atoms with Crippen molar-refractivity contribution in [2.75, 3.05) is 12.3 Å². The third-order valence-electron chi connectivity index (χ3n) is 6.66. The van der Waals surface area contributed by atoms with Gasteiger partial charge in [0.05, 0.1) is 4.75 Å². The fraction of sp³-hybridized carbons (Fsp3) is 0.250. The predicted octanol–water partition coefficient (Wildman–Crippen LogP) is 6.46. The van der Waals surface area contributed by atoms with E-state index in [-0.39, 0.29) is 18.9 Å². The lowest BCUT2D eigenvalue weighted by atomic mass is 9.84. The highest BCUT2D eigenvalue weighted by atomic mass is 32.2. The lowest BCUT2D eigenvalue weighted by Crippen LogP contribution is -2.50. The zero-order valence-corrected chi connectivity index (χ0v) is 26.0. The van der Waals surface area contributed by atoms with Gasteiger partial charge < -0.3 is 20.1 Å².